The Morgan fingerprint density at radius 1 is 1.08 bits per heavy atom. The first-order valence-electron chi connectivity index (χ1n) is 12.0. The summed E-state index contributed by atoms with van der Waals surface area (Å²) < 4.78 is 31.2. The second-order valence-electron chi connectivity index (χ2n) is 9.06. The Bertz CT molecular complexity index is 1200. The predicted molar refractivity (Wildman–Crippen MR) is 139 cm³/mol. The minimum Gasteiger partial charge on any atom is -0.481 e. The number of aliphatic carboxylic acids is 1. The molecule has 0 amide bonds. The first kappa shape index (κ1) is 27.6. The molecule has 2 aromatic carbocycles. The molecule has 3 aromatic rings. The third-order valence-corrected chi connectivity index (χ3v) is 7.07. The number of benzene rings is 2. The standard InChI is InChI=1S/C28H31FNO5P/c1-18(2)27-24(10-7-15-35-36(34)17-23(31)16-25(32)33)26(20-11-13-22(29)14-12-20)19(3)28(30-27)21-8-5-4-6-9-21/h4-6,8-9,11-14,18,23,31H,7,10,15-17H2,1-3H3/p+1. The molecule has 0 saturated heterocycles. The number of aliphatic hydroxyl groups is 1. The normalized spacial score (nSPS) is 12.6. The van der Waals surface area contributed by atoms with Crippen LogP contribution in [0.15, 0.2) is 54.6 Å². The van der Waals surface area contributed by atoms with Gasteiger partial charge in [-0.15, -0.1) is 4.52 Å². The summed E-state index contributed by atoms with van der Waals surface area (Å²) in [6.45, 7) is 6.39. The molecule has 2 N–H and O–H groups in total. The van der Waals surface area contributed by atoms with Gasteiger partial charge in [0.05, 0.1) is 12.1 Å². The van der Waals surface area contributed by atoms with E-state index in [1.165, 1.54) is 12.1 Å². The van der Waals surface area contributed by atoms with E-state index in [0.717, 1.165) is 39.2 Å². The number of carbonyl (C=O) groups is 1. The van der Waals surface area contributed by atoms with Crippen molar-refractivity contribution in [3.05, 3.63) is 77.2 Å². The molecule has 190 valence electrons. The largest absolute Gasteiger partial charge is 0.510 e. The third-order valence-electron chi connectivity index (χ3n) is 5.88. The van der Waals surface area contributed by atoms with Gasteiger partial charge < -0.3 is 10.2 Å². The Labute approximate surface area is 212 Å². The average molecular weight is 513 g/mol. The summed E-state index contributed by atoms with van der Waals surface area (Å²) in [6.07, 6.45) is -0.741. The molecular weight excluding hydrogens is 480 g/mol. The number of rotatable bonds is 12. The minimum absolute atomic E-state index is 0.131. The highest BCUT2D eigenvalue weighted by Crippen LogP contribution is 2.38. The number of halogens is 1. The molecule has 3 rings (SSSR count). The maximum atomic E-state index is 13.7. The summed E-state index contributed by atoms with van der Waals surface area (Å²) in [5.74, 6) is -1.32. The fraction of sp³-hybridized carbons (Fsp3) is 0.357. The van der Waals surface area contributed by atoms with Crippen molar-refractivity contribution < 1.29 is 28.5 Å². The van der Waals surface area contributed by atoms with Gasteiger partial charge in [0.15, 0.2) is 0 Å². The van der Waals surface area contributed by atoms with Crippen LogP contribution in [0.1, 0.15) is 49.4 Å². The van der Waals surface area contributed by atoms with E-state index in [2.05, 4.69) is 13.8 Å². The molecule has 2 atom stereocenters. The van der Waals surface area contributed by atoms with Crippen molar-refractivity contribution in [1.29, 1.82) is 0 Å². The SMILES string of the molecule is Cc1c(-c2ccccc2)nc(C(C)C)c(CCCO[P+](=O)CC(O)CC(=O)O)c1-c1ccc(F)cc1. The highest BCUT2D eigenvalue weighted by molar-refractivity contribution is 7.39. The van der Waals surface area contributed by atoms with Crippen molar-refractivity contribution in [2.45, 2.75) is 52.1 Å². The van der Waals surface area contributed by atoms with Crippen LogP contribution < -0.4 is 0 Å². The maximum Gasteiger partial charge on any atom is 0.510 e. The maximum absolute atomic E-state index is 13.7. The number of carboxylic acid groups (broad SMARTS) is 1. The molecular formula is C28H32FNO5P+. The van der Waals surface area contributed by atoms with Crippen molar-refractivity contribution in [2.75, 3.05) is 12.8 Å². The molecule has 1 heterocycles. The number of aromatic nitrogens is 1. The highest BCUT2D eigenvalue weighted by Gasteiger charge is 2.26. The molecule has 2 unspecified atom stereocenters. The molecule has 0 aliphatic heterocycles. The number of aliphatic hydroxyl groups excluding tert-OH is 1. The van der Waals surface area contributed by atoms with Crippen LogP contribution in [0.25, 0.3) is 22.4 Å². The van der Waals surface area contributed by atoms with E-state index >= 15 is 0 Å². The van der Waals surface area contributed by atoms with E-state index in [4.69, 9.17) is 14.6 Å². The summed E-state index contributed by atoms with van der Waals surface area (Å²) in [5.41, 5.74) is 6.78. The van der Waals surface area contributed by atoms with Crippen molar-refractivity contribution in [1.82, 2.24) is 4.98 Å². The molecule has 0 saturated carbocycles. The van der Waals surface area contributed by atoms with Crippen molar-refractivity contribution in [3.8, 4) is 22.4 Å². The van der Waals surface area contributed by atoms with Crippen molar-refractivity contribution >= 4 is 14.0 Å². The van der Waals surface area contributed by atoms with Gasteiger partial charge in [-0.1, -0.05) is 56.3 Å². The van der Waals surface area contributed by atoms with E-state index < -0.39 is 26.5 Å². The van der Waals surface area contributed by atoms with Gasteiger partial charge in [-0.25, -0.2) is 4.39 Å². The van der Waals surface area contributed by atoms with Crippen molar-refractivity contribution in [2.24, 2.45) is 0 Å². The zero-order chi connectivity index (χ0) is 26.2. The Balaban J connectivity index is 1.91. The quantitative estimate of drug-likeness (QED) is 0.212. The molecule has 0 bridgehead atoms. The molecule has 6 nitrogen and oxygen atoms in total. The van der Waals surface area contributed by atoms with E-state index in [9.17, 15) is 18.9 Å². The summed E-state index contributed by atoms with van der Waals surface area (Å²) in [6, 6.07) is 16.4. The molecule has 0 fully saturated rings. The zero-order valence-electron chi connectivity index (χ0n) is 20.8. The number of carboxylic acids is 1. The first-order chi connectivity index (χ1) is 17.2. The van der Waals surface area contributed by atoms with E-state index in [1.807, 2.05) is 37.3 Å². The minimum atomic E-state index is -2.17. The van der Waals surface area contributed by atoms with Crippen LogP contribution in [0.4, 0.5) is 4.39 Å². The molecule has 36 heavy (non-hydrogen) atoms. The first-order valence-corrected chi connectivity index (χ1v) is 13.4. The van der Waals surface area contributed by atoms with Gasteiger partial charge in [0.25, 0.3) is 0 Å². The summed E-state index contributed by atoms with van der Waals surface area (Å²) in [7, 11) is -2.17. The second-order valence-corrected chi connectivity index (χ2v) is 10.3. The van der Waals surface area contributed by atoms with Crippen LogP contribution in [0.5, 0.6) is 0 Å². The molecule has 0 aliphatic rings. The van der Waals surface area contributed by atoms with Crippen LogP contribution in [0.3, 0.4) is 0 Å². The topological polar surface area (TPSA) is 96.7 Å². The highest BCUT2D eigenvalue weighted by atomic mass is 31.1. The van der Waals surface area contributed by atoms with E-state index in [-0.39, 0.29) is 24.5 Å². The predicted octanol–water partition coefficient (Wildman–Crippen LogP) is 6.51. The van der Waals surface area contributed by atoms with Gasteiger partial charge in [-0.05, 0) is 64.6 Å². The average Bonchev–Trinajstić information content (AvgIpc) is 2.82. The van der Waals surface area contributed by atoms with Crippen LogP contribution >= 0.6 is 8.03 Å². The molecule has 0 spiro atoms. The lowest BCUT2D eigenvalue weighted by atomic mass is 9.86. The summed E-state index contributed by atoms with van der Waals surface area (Å²) in [5, 5.41) is 18.4. The van der Waals surface area contributed by atoms with Gasteiger partial charge in [-0.3, -0.25) is 9.78 Å². The Kier molecular flexibility index (Phi) is 9.82. The van der Waals surface area contributed by atoms with Crippen LogP contribution in [0, 0.1) is 12.7 Å². The Morgan fingerprint density at radius 3 is 2.36 bits per heavy atom. The molecule has 8 heteroatoms. The van der Waals surface area contributed by atoms with Gasteiger partial charge in [-0.2, -0.15) is 0 Å². The van der Waals surface area contributed by atoms with Gasteiger partial charge in [0, 0.05) is 11.3 Å². The Morgan fingerprint density at radius 2 is 1.75 bits per heavy atom. The summed E-state index contributed by atoms with van der Waals surface area (Å²) in [4.78, 5) is 15.7. The number of hydrogen-bond acceptors (Lipinski definition) is 5. The number of nitrogens with zero attached hydrogens (tertiary/aromatic N) is 1. The monoisotopic (exact) mass is 512 g/mol. The zero-order valence-corrected chi connectivity index (χ0v) is 21.7. The lowest BCUT2D eigenvalue weighted by Crippen LogP contribution is -2.15. The van der Waals surface area contributed by atoms with E-state index in [1.54, 1.807) is 12.1 Å². The fourth-order valence-corrected chi connectivity index (χ4v) is 5.18. The second kappa shape index (κ2) is 12.8. The number of pyridine rings is 1. The molecule has 0 aliphatic carbocycles. The lowest BCUT2D eigenvalue weighted by Gasteiger charge is -2.22. The van der Waals surface area contributed by atoms with Gasteiger partial charge in [0.2, 0.25) is 6.16 Å². The van der Waals surface area contributed by atoms with Crippen LogP contribution in [0.2, 0.25) is 0 Å². The molecule has 0 radical (unpaired) electrons. The van der Waals surface area contributed by atoms with Gasteiger partial charge >= 0.3 is 14.0 Å². The molecule has 1 aromatic heterocycles. The summed E-state index contributed by atoms with van der Waals surface area (Å²) >= 11 is 0. The lowest BCUT2D eigenvalue weighted by molar-refractivity contribution is -0.138. The Hall–Kier alpha value is -2.99. The van der Waals surface area contributed by atoms with Gasteiger partial charge in [0.1, 0.15) is 18.5 Å². The van der Waals surface area contributed by atoms with E-state index in [0.29, 0.717) is 12.8 Å². The van der Waals surface area contributed by atoms with Crippen LogP contribution in [-0.4, -0.2) is 40.0 Å². The van der Waals surface area contributed by atoms with Crippen LogP contribution in [-0.2, 0) is 20.3 Å². The van der Waals surface area contributed by atoms with Crippen molar-refractivity contribution in [3.63, 3.8) is 0 Å². The third kappa shape index (κ3) is 7.26. The number of hydrogen-bond donors (Lipinski definition) is 2. The smallest absolute Gasteiger partial charge is 0.481 e. The fourth-order valence-electron chi connectivity index (χ4n) is 4.27.